The van der Waals surface area contributed by atoms with Gasteiger partial charge >= 0.3 is 0 Å². The lowest BCUT2D eigenvalue weighted by atomic mass is 9.88. The number of likely N-dealkylation sites (tertiary alicyclic amines) is 1. The maximum atomic E-state index is 13.0. The van der Waals surface area contributed by atoms with E-state index in [-0.39, 0.29) is 5.78 Å². The number of rotatable bonds is 6. The molecule has 1 aromatic heterocycles. The van der Waals surface area contributed by atoms with Crippen LogP contribution in [0.2, 0.25) is 5.02 Å². The monoisotopic (exact) mass is 409 g/mol. The van der Waals surface area contributed by atoms with E-state index in [4.69, 9.17) is 17.4 Å². The number of nitrogens with zero attached hydrogens (tertiary/aromatic N) is 2. The molecule has 3 aromatic rings. The summed E-state index contributed by atoms with van der Waals surface area (Å²) in [6.45, 7) is 5.68. The van der Waals surface area contributed by atoms with Gasteiger partial charge in [-0.3, -0.25) is 9.47 Å². The number of aromatic nitrogens is 1. The summed E-state index contributed by atoms with van der Waals surface area (Å²) in [4.78, 5) is 15.6. The van der Waals surface area contributed by atoms with Crippen LogP contribution in [0.3, 0.4) is 0 Å². The SMILES string of the molecule is CCCCN1CCC(c2cn(N)c3ccc(C(=O)c4ccccc4Cl)cc23)CC1. The van der Waals surface area contributed by atoms with Gasteiger partial charge in [0.1, 0.15) is 0 Å². The maximum absolute atomic E-state index is 13.0. The van der Waals surface area contributed by atoms with Gasteiger partial charge < -0.3 is 10.7 Å². The summed E-state index contributed by atoms with van der Waals surface area (Å²) in [5.41, 5.74) is 3.40. The van der Waals surface area contributed by atoms with Crippen molar-refractivity contribution in [1.82, 2.24) is 9.58 Å². The minimum Gasteiger partial charge on any atom is -0.339 e. The normalized spacial score (nSPS) is 15.8. The lowest BCUT2D eigenvalue weighted by Gasteiger charge is -2.31. The standard InChI is InChI=1S/C24H28ClN3O/c1-2-3-12-27-13-10-17(11-14-27)21-16-28(26)23-9-8-18(15-20(21)23)24(29)19-6-4-5-7-22(19)25/h4-9,15-17H,2-3,10-14,26H2,1H3. The van der Waals surface area contributed by atoms with Gasteiger partial charge in [0.2, 0.25) is 0 Å². The molecule has 0 radical (unpaired) electrons. The average molecular weight is 410 g/mol. The molecule has 0 aliphatic carbocycles. The third-order valence-corrected chi connectivity index (χ3v) is 6.43. The molecule has 5 heteroatoms. The molecule has 2 aromatic carbocycles. The van der Waals surface area contributed by atoms with Crippen molar-refractivity contribution in [2.45, 2.75) is 38.5 Å². The fourth-order valence-electron chi connectivity index (χ4n) is 4.40. The number of halogens is 1. The van der Waals surface area contributed by atoms with E-state index in [1.54, 1.807) is 16.8 Å². The van der Waals surface area contributed by atoms with Gasteiger partial charge in [-0.2, -0.15) is 0 Å². The van der Waals surface area contributed by atoms with Crippen LogP contribution in [0.4, 0.5) is 0 Å². The van der Waals surface area contributed by atoms with Crippen molar-refractivity contribution in [1.29, 1.82) is 0 Å². The molecule has 0 spiro atoms. The van der Waals surface area contributed by atoms with Crippen LogP contribution in [0.5, 0.6) is 0 Å². The molecule has 1 aliphatic heterocycles. The first kappa shape index (κ1) is 20.0. The number of hydrogen-bond acceptors (Lipinski definition) is 3. The summed E-state index contributed by atoms with van der Waals surface area (Å²) >= 11 is 6.24. The summed E-state index contributed by atoms with van der Waals surface area (Å²) in [6, 6.07) is 13.0. The zero-order valence-corrected chi connectivity index (χ0v) is 17.7. The summed E-state index contributed by atoms with van der Waals surface area (Å²) < 4.78 is 1.69. The van der Waals surface area contributed by atoms with E-state index in [0.717, 1.165) is 36.8 Å². The smallest absolute Gasteiger partial charge is 0.194 e. The van der Waals surface area contributed by atoms with Crippen LogP contribution in [0, 0.1) is 0 Å². The van der Waals surface area contributed by atoms with E-state index in [9.17, 15) is 4.79 Å². The summed E-state index contributed by atoms with van der Waals surface area (Å²) in [7, 11) is 0. The molecule has 4 rings (SSSR count). The molecular formula is C24H28ClN3O. The maximum Gasteiger partial charge on any atom is 0.194 e. The number of ketones is 1. The number of carbonyl (C=O) groups is 1. The molecule has 0 unspecified atom stereocenters. The second kappa shape index (κ2) is 8.60. The van der Waals surface area contributed by atoms with Crippen molar-refractivity contribution >= 4 is 28.3 Å². The number of benzene rings is 2. The highest BCUT2D eigenvalue weighted by Crippen LogP contribution is 2.35. The third kappa shape index (κ3) is 4.05. The second-order valence-electron chi connectivity index (χ2n) is 8.00. The Morgan fingerprint density at radius 2 is 1.93 bits per heavy atom. The van der Waals surface area contributed by atoms with Crippen LogP contribution in [-0.4, -0.2) is 35.0 Å². The first-order valence-corrected chi connectivity index (χ1v) is 10.9. The van der Waals surface area contributed by atoms with Crippen molar-refractivity contribution in [2.24, 2.45) is 0 Å². The molecule has 4 nitrogen and oxygen atoms in total. The van der Waals surface area contributed by atoms with Gasteiger partial charge in [-0.1, -0.05) is 37.1 Å². The van der Waals surface area contributed by atoms with Crippen LogP contribution in [0.15, 0.2) is 48.7 Å². The number of piperidine rings is 1. The van der Waals surface area contributed by atoms with Gasteiger partial charge in [0.05, 0.1) is 10.5 Å². The fourth-order valence-corrected chi connectivity index (χ4v) is 4.62. The number of nitrogen functional groups attached to an aromatic ring is 1. The molecule has 152 valence electrons. The highest BCUT2D eigenvalue weighted by Gasteiger charge is 2.24. The van der Waals surface area contributed by atoms with Gasteiger partial charge in [-0.25, -0.2) is 0 Å². The van der Waals surface area contributed by atoms with Gasteiger partial charge in [-0.05, 0) is 80.7 Å². The van der Waals surface area contributed by atoms with Gasteiger partial charge in [0.15, 0.2) is 5.78 Å². The van der Waals surface area contributed by atoms with E-state index in [2.05, 4.69) is 11.8 Å². The molecule has 0 amide bonds. The average Bonchev–Trinajstić information content (AvgIpc) is 3.08. The highest BCUT2D eigenvalue weighted by atomic mass is 35.5. The second-order valence-corrected chi connectivity index (χ2v) is 8.41. The van der Waals surface area contributed by atoms with Crippen molar-refractivity contribution in [3.63, 3.8) is 0 Å². The predicted molar refractivity (Wildman–Crippen MR) is 120 cm³/mol. The van der Waals surface area contributed by atoms with Crippen LogP contribution >= 0.6 is 11.6 Å². The van der Waals surface area contributed by atoms with E-state index < -0.39 is 0 Å². The van der Waals surface area contributed by atoms with Crippen molar-refractivity contribution in [3.05, 3.63) is 70.4 Å². The number of nitrogens with two attached hydrogens (primary N) is 1. The lowest BCUT2D eigenvalue weighted by molar-refractivity contribution is 0.103. The van der Waals surface area contributed by atoms with Crippen LogP contribution in [-0.2, 0) is 0 Å². The van der Waals surface area contributed by atoms with Gasteiger partial charge in [-0.15, -0.1) is 0 Å². The first-order chi connectivity index (χ1) is 14.1. The molecule has 0 bridgehead atoms. The number of hydrogen-bond donors (Lipinski definition) is 1. The molecule has 1 aliphatic rings. The largest absolute Gasteiger partial charge is 0.339 e. The first-order valence-electron chi connectivity index (χ1n) is 10.5. The minimum atomic E-state index is -0.0531. The lowest BCUT2D eigenvalue weighted by Crippen LogP contribution is -2.33. The third-order valence-electron chi connectivity index (χ3n) is 6.10. The summed E-state index contributed by atoms with van der Waals surface area (Å²) in [5, 5.41) is 1.56. The molecule has 1 saturated heterocycles. The molecule has 0 atom stereocenters. The summed E-state index contributed by atoms with van der Waals surface area (Å²) in [6.07, 6.45) is 6.81. The Labute approximate surface area is 177 Å². The van der Waals surface area contributed by atoms with Crippen molar-refractivity contribution in [3.8, 4) is 0 Å². The van der Waals surface area contributed by atoms with E-state index in [1.807, 2.05) is 36.5 Å². The van der Waals surface area contributed by atoms with E-state index in [1.165, 1.54) is 24.9 Å². The number of fused-ring (bicyclic) bond motifs is 1. The Morgan fingerprint density at radius 3 is 2.66 bits per heavy atom. The predicted octanol–water partition coefficient (Wildman–Crippen LogP) is 5.22. The molecule has 2 N–H and O–H groups in total. The highest BCUT2D eigenvalue weighted by molar-refractivity contribution is 6.35. The molecule has 1 fully saturated rings. The van der Waals surface area contributed by atoms with Crippen LogP contribution in [0.1, 0.15) is 60.0 Å². The van der Waals surface area contributed by atoms with Crippen LogP contribution in [0.25, 0.3) is 10.9 Å². The number of carbonyl (C=O) groups excluding carboxylic acids is 1. The van der Waals surface area contributed by atoms with Gasteiger partial charge in [0, 0.05) is 22.7 Å². The molecule has 29 heavy (non-hydrogen) atoms. The summed E-state index contributed by atoms with van der Waals surface area (Å²) in [5.74, 6) is 6.66. The Kier molecular flexibility index (Phi) is 5.93. The van der Waals surface area contributed by atoms with Crippen molar-refractivity contribution in [2.75, 3.05) is 25.5 Å². The Morgan fingerprint density at radius 1 is 1.17 bits per heavy atom. The molecule has 2 heterocycles. The van der Waals surface area contributed by atoms with Crippen molar-refractivity contribution < 1.29 is 4.79 Å². The zero-order chi connectivity index (χ0) is 20.4. The van der Waals surface area contributed by atoms with Gasteiger partial charge in [0.25, 0.3) is 0 Å². The Bertz CT molecular complexity index is 1020. The van der Waals surface area contributed by atoms with E-state index in [0.29, 0.717) is 22.1 Å². The minimum absolute atomic E-state index is 0.0531. The van der Waals surface area contributed by atoms with Crippen LogP contribution < -0.4 is 5.84 Å². The molecule has 0 saturated carbocycles. The number of unbranched alkanes of at least 4 members (excludes halogenated alkanes) is 1. The van der Waals surface area contributed by atoms with E-state index >= 15 is 0 Å². The Hall–Kier alpha value is -2.30. The quantitative estimate of drug-likeness (QED) is 0.448. The fraction of sp³-hybridized carbons (Fsp3) is 0.375. The molecular weight excluding hydrogens is 382 g/mol. The zero-order valence-electron chi connectivity index (χ0n) is 16.9. The topological polar surface area (TPSA) is 51.3 Å². The Balaban J connectivity index is 1.62.